The number of rotatable bonds is 5. The monoisotopic (exact) mass is 277 g/mol. The van der Waals surface area contributed by atoms with Gasteiger partial charge in [-0.3, -0.25) is 0 Å². The number of benzene rings is 1. The molecule has 1 saturated carbocycles. The summed E-state index contributed by atoms with van der Waals surface area (Å²) < 4.78 is 5.02. The third-order valence-corrected chi connectivity index (χ3v) is 4.84. The molecule has 1 heterocycles. The minimum absolute atomic E-state index is 0.765. The van der Waals surface area contributed by atoms with Crippen LogP contribution in [0, 0.1) is 6.92 Å². The minimum Gasteiger partial charge on any atom is -0.310 e. The average molecular weight is 277 g/mol. The molecule has 94 valence electrons. The van der Waals surface area contributed by atoms with Crippen LogP contribution in [-0.4, -0.2) is 15.4 Å². The summed E-state index contributed by atoms with van der Waals surface area (Å²) in [6.45, 7) is 3.14. The zero-order valence-electron chi connectivity index (χ0n) is 10.2. The van der Waals surface area contributed by atoms with Gasteiger partial charge in [0.05, 0.1) is 0 Å². The largest absolute Gasteiger partial charge is 0.310 e. The second-order valence-corrected chi connectivity index (χ2v) is 6.63. The minimum atomic E-state index is 0.765. The Morgan fingerprint density at radius 1 is 1.44 bits per heavy atom. The molecule has 3 nitrogen and oxygen atoms in total. The SMILES string of the molecule is Cc1cc(CNC2CC2)ccc1Sc1ncns1. The first kappa shape index (κ1) is 12.1. The first-order valence-electron chi connectivity index (χ1n) is 6.09. The number of hydrogen-bond acceptors (Lipinski definition) is 5. The molecule has 1 fully saturated rings. The molecule has 0 radical (unpaired) electrons. The Morgan fingerprint density at radius 3 is 3.00 bits per heavy atom. The zero-order chi connectivity index (χ0) is 12.4. The fourth-order valence-electron chi connectivity index (χ4n) is 1.79. The number of nitrogens with zero attached hydrogens (tertiary/aromatic N) is 2. The van der Waals surface area contributed by atoms with E-state index in [4.69, 9.17) is 0 Å². The van der Waals surface area contributed by atoms with Crippen molar-refractivity contribution in [2.24, 2.45) is 0 Å². The summed E-state index contributed by atoms with van der Waals surface area (Å²) in [5.41, 5.74) is 2.67. The number of nitrogens with one attached hydrogen (secondary N) is 1. The van der Waals surface area contributed by atoms with E-state index < -0.39 is 0 Å². The van der Waals surface area contributed by atoms with E-state index in [2.05, 4.69) is 39.8 Å². The van der Waals surface area contributed by atoms with Gasteiger partial charge in [0, 0.05) is 17.5 Å². The Hall–Kier alpha value is -0.910. The molecule has 1 aromatic heterocycles. The van der Waals surface area contributed by atoms with Crippen molar-refractivity contribution in [2.45, 2.75) is 41.6 Å². The molecule has 1 aliphatic carbocycles. The van der Waals surface area contributed by atoms with Gasteiger partial charge in [0.2, 0.25) is 0 Å². The van der Waals surface area contributed by atoms with E-state index in [1.54, 1.807) is 18.1 Å². The molecule has 1 aromatic carbocycles. The fraction of sp³-hybridized carbons (Fsp3) is 0.385. The normalized spacial score (nSPS) is 14.9. The van der Waals surface area contributed by atoms with Crippen molar-refractivity contribution in [2.75, 3.05) is 0 Å². The third-order valence-electron chi connectivity index (χ3n) is 2.95. The number of hydrogen-bond donors (Lipinski definition) is 1. The van der Waals surface area contributed by atoms with Crippen molar-refractivity contribution < 1.29 is 0 Å². The van der Waals surface area contributed by atoms with Crippen molar-refractivity contribution in [1.29, 1.82) is 0 Å². The van der Waals surface area contributed by atoms with Crippen LogP contribution in [0.3, 0.4) is 0 Å². The molecule has 0 saturated heterocycles. The molecule has 3 rings (SSSR count). The highest BCUT2D eigenvalue weighted by Gasteiger charge is 2.19. The van der Waals surface area contributed by atoms with Crippen LogP contribution in [0.15, 0.2) is 33.8 Å². The van der Waals surface area contributed by atoms with Crippen LogP contribution in [0.2, 0.25) is 0 Å². The molecule has 0 aliphatic heterocycles. The molecule has 0 unspecified atom stereocenters. The van der Waals surface area contributed by atoms with E-state index in [9.17, 15) is 0 Å². The van der Waals surface area contributed by atoms with Crippen molar-refractivity contribution in [1.82, 2.24) is 14.7 Å². The Labute approximate surface area is 115 Å². The summed E-state index contributed by atoms with van der Waals surface area (Å²) in [5.74, 6) is 0. The lowest BCUT2D eigenvalue weighted by Crippen LogP contribution is -2.15. The summed E-state index contributed by atoms with van der Waals surface area (Å²) in [4.78, 5) is 5.47. The summed E-state index contributed by atoms with van der Waals surface area (Å²) in [6, 6.07) is 7.41. The maximum Gasteiger partial charge on any atom is 0.174 e. The quantitative estimate of drug-likeness (QED) is 0.910. The fourth-order valence-corrected chi connectivity index (χ4v) is 3.26. The van der Waals surface area contributed by atoms with Gasteiger partial charge in [-0.2, -0.15) is 4.37 Å². The van der Waals surface area contributed by atoms with Crippen molar-refractivity contribution in [3.8, 4) is 0 Å². The van der Waals surface area contributed by atoms with Gasteiger partial charge in [0.1, 0.15) is 6.33 Å². The van der Waals surface area contributed by atoms with Gasteiger partial charge in [-0.05, 0) is 48.5 Å². The van der Waals surface area contributed by atoms with Crippen LogP contribution < -0.4 is 5.32 Å². The average Bonchev–Trinajstić information content (AvgIpc) is 3.06. The molecule has 18 heavy (non-hydrogen) atoms. The first-order valence-corrected chi connectivity index (χ1v) is 7.68. The molecule has 0 spiro atoms. The highest BCUT2D eigenvalue weighted by molar-refractivity contribution is 8.01. The zero-order valence-corrected chi connectivity index (χ0v) is 11.9. The highest BCUT2D eigenvalue weighted by atomic mass is 32.2. The second-order valence-electron chi connectivity index (χ2n) is 4.56. The van der Waals surface area contributed by atoms with Crippen LogP contribution in [0.1, 0.15) is 24.0 Å². The lowest BCUT2D eigenvalue weighted by molar-refractivity contribution is 0.687. The van der Waals surface area contributed by atoms with Crippen molar-refractivity contribution in [3.05, 3.63) is 35.7 Å². The topological polar surface area (TPSA) is 37.8 Å². The maximum absolute atomic E-state index is 4.20. The van der Waals surface area contributed by atoms with E-state index in [1.807, 2.05) is 0 Å². The molecule has 0 atom stereocenters. The van der Waals surface area contributed by atoms with Gasteiger partial charge in [0.15, 0.2) is 4.34 Å². The van der Waals surface area contributed by atoms with Crippen LogP contribution in [-0.2, 0) is 6.54 Å². The van der Waals surface area contributed by atoms with Gasteiger partial charge in [-0.15, -0.1) is 0 Å². The lowest BCUT2D eigenvalue weighted by Gasteiger charge is -2.07. The van der Waals surface area contributed by atoms with E-state index >= 15 is 0 Å². The Kier molecular flexibility index (Phi) is 3.63. The van der Waals surface area contributed by atoms with Crippen LogP contribution in [0.4, 0.5) is 0 Å². The van der Waals surface area contributed by atoms with Gasteiger partial charge >= 0.3 is 0 Å². The Morgan fingerprint density at radius 2 is 2.33 bits per heavy atom. The molecule has 1 N–H and O–H groups in total. The van der Waals surface area contributed by atoms with Crippen LogP contribution in [0.5, 0.6) is 0 Å². The second kappa shape index (κ2) is 5.38. The smallest absolute Gasteiger partial charge is 0.174 e. The van der Waals surface area contributed by atoms with Gasteiger partial charge in [0.25, 0.3) is 0 Å². The molecule has 0 amide bonds. The summed E-state index contributed by atoms with van der Waals surface area (Å²) in [7, 11) is 0. The molecule has 2 aromatic rings. The number of aryl methyl sites for hydroxylation is 1. The maximum atomic E-state index is 4.20. The molecule has 0 bridgehead atoms. The summed E-state index contributed by atoms with van der Waals surface area (Å²) in [6.07, 6.45) is 4.28. The van der Waals surface area contributed by atoms with Crippen molar-refractivity contribution >= 4 is 23.3 Å². The van der Waals surface area contributed by atoms with E-state index in [0.717, 1.165) is 16.9 Å². The standard InChI is InChI=1S/C13H15N3S2/c1-9-6-10(7-14-11-3-4-11)2-5-12(9)17-13-15-8-16-18-13/h2,5-6,8,11,14H,3-4,7H2,1H3. The Balaban J connectivity index is 1.67. The summed E-state index contributed by atoms with van der Waals surface area (Å²) in [5, 5.41) is 3.54. The molecule has 5 heteroatoms. The lowest BCUT2D eigenvalue weighted by atomic mass is 10.1. The predicted octanol–water partition coefficient (Wildman–Crippen LogP) is 3.25. The third kappa shape index (κ3) is 3.10. The predicted molar refractivity (Wildman–Crippen MR) is 75.1 cm³/mol. The van der Waals surface area contributed by atoms with Gasteiger partial charge in [-0.25, -0.2) is 4.98 Å². The Bertz CT molecular complexity index is 521. The van der Waals surface area contributed by atoms with Gasteiger partial charge in [-0.1, -0.05) is 23.9 Å². The van der Waals surface area contributed by atoms with Crippen molar-refractivity contribution in [3.63, 3.8) is 0 Å². The van der Waals surface area contributed by atoms with E-state index in [1.165, 1.54) is 40.4 Å². The van der Waals surface area contributed by atoms with Crippen LogP contribution in [0.25, 0.3) is 0 Å². The number of aromatic nitrogens is 2. The molecule has 1 aliphatic rings. The van der Waals surface area contributed by atoms with E-state index in [0.29, 0.717) is 0 Å². The van der Waals surface area contributed by atoms with E-state index in [-0.39, 0.29) is 0 Å². The van der Waals surface area contributed by atoms with Crippen LogP contribution >= 0.6 is 23.3 Å². The highest BCUT2D eigenvalue weighted by Crippen LogP contribution is 2.31. The first-order chi connectivity index (χ1) is 8.81. The van der Waals surface area contributed by atoms with Gasteiger partial charge < -0.3 is 5.32 Å². The molecular formula is C13H15N3S2. The summed E-state index contributed by atoms with van der Waals surface area (Å²) >= 11 is 3.13. The molecular weight excluding hydrogens is 262 g/mol.